The van der Waals surface area contributed by atoms with E-state index in [0.29, 0.717) is 24.2 Å². The van der Waals surface area contributed by atoms with Crippen molar-refractivity contribution in [3.63, 3.8) is 0 Å². The zero-order chi connectivity index (χ0) is 21.3. The van der Waals surface area contributed by atoms with E-state index in [4.69, 9.17) is 5.14 Å². The molecule has 9 heteroatoms. The molecule has 0 aliphatic rings. The van der Waals surface area contributed by atoms with Gasteiger partial charge in [0.1, 0.15) is 0 Å². The molecule has 0 aliphatic carbocycles. The highest BCUT2D eigenvalue weighted by atomic mass is 32.2. The van der Waals surface area contributed by atoms with Gasteiger partial charge in [-0.15, -0.1) is 0 Å². The highest BCUT2D eigenvalue weighted by molar-refractivity contribution is 7.89. The van der Waals surface area contributed by atoms with E-state index in [9.17, 15) is 13.2 Å². The first-order chi connectivity index (χ1) is 13.6. The van der Waals surface area contributed by atoms with Crippen LogP contribution in [0.15, 0.2) is 35.2 Å². The van der Waals surface area contributed by atoms with E-state index in [2.05, 4.69) is 15.4 Å². The van der Waals surface area contributed by atoms with Crippen LogP contribution < -0.4 is 10.5 Å². The Hall–Kier alpha value is -2.78. The Morgan fingerprint density at radius 3 is 2.48 bits per heavy atom. The third-order valence-corrected chi connectivity index (χ3v) is 5.71. The molecule has 3 rings (SSSR count). The number of hydrogen-bond acceptors (Lipinski definition) is 5. The van der Waals surface area contributed by atoms with Crippen LogP contribution in [-0.4, -0.2) is 35.6 Å². The number of sulfonamides is 1. The molecule has 3 aromatic rings. The molecular weight excluding hydrogens is 390 g/mol. The van der Waals surface area contributed by atoms with Crippen molar-refractivity contribution in [3.05, 3.63) is 52.8 Å². The lowest BCUT2D eigenvalue weighted by molar-refractivity contribution is 0.0955. The van der Waals surface area contributed by atoms with Crippen LogP contribution in [0.3, 0.4) is 0 Å². The summed E-state index contributed by atoms with van der Waals surface area (Å²) in [5.74, 6) is -0.00458. The normalized spacial score (nSPS) is 11.9. The third-order valence-electron chi connectivity index (χ3n) is 4.78. The maximum absolute atomic E-state index is 12.9. The number of aryl methyl sites for hydroxylation is 2. The van der Waals surface area contributed by atoms with Gasteiger partial charge in [0.25, 0.3) is 5.91 Å². The molecule has 0 saturated carbocycles. The van der Waals surface area contributed by atoms with Crippen molar-refractivity contribution in [3.8, 4) is 0 Å². The molecule has 0 saturated heterocycles. The van der Waals surface area contributed by atoms with Crippen molar-refractivity contribution in [1.82, 2.24) is 20.1 Å². The van der Waals surface area contributed by atoms with Gasteiger partial charge in [0.2, 0.25) is 10.0 Å². The van der Waals surface area contributed by atoms with Crippen molar-refractivity contribution in [1.29, 1.82) is 0 Å². The van der Waals surface area contributed by atoms with Gasteiger partial charge in [0, 0.05) is 19.3 Å². The molecule has 8 nitrogen and oxygen atoms in total. The average Bonchev–Trinajstić information content (AvgIpc) is 2.94. The molecule has 2 heterocycles. The molecule has 0 radical (unpaired) electrons. The summed E-state index contributed by atoms with van der Waals surface area (Å²) >= 11 is 0. The molecule has 0 atom stereocenters. The second-order valence-corrected chi connectivity index (χ2v) is 8.91. The van der Waals surface area contributed by atoms with E-state index in [1.807, 2.05) is 33.9 Å². The number of rotatable bonds is 6. The molecule has 1 aromatic carbocycles. The zero-order valence-electron chi connectivity index (χ0n) is 16.9. The minimum absolute atomic E-state index is 0.0673. The van der Waals surface area contributed by atoms with E-state index in [0.717, 1.165) is 22.3 Å². The summed E-state index contributed by atoms with van der Waals surface area (Å²) in [4.78, 5) is 17.6. The highest BCUT2D eigenvalue weighted by Gasteiger charge is 2.19. The standard InChI is InChI=1S/C20H25N5O3S/c1-12(2)17-11-16(18-13(3)24-25(4)19(18)23-17)20(26)22-10-9-14-5-7-15(8-6-14)29(21,27)28/h5-8,11-12H,9-10H2,1-4H3,(H,22,26)(H2,21,27,28). The second-order valence-electron chi connectivity index (χ2n) is 7.35. The fraction of sp³-hybridized carbons (Fsp3) is 0.350. The number of primary sulfonamides is 1. The largest absolute Gasteiger partial charge is 0.352 e. The number of pyridine rings is 1. The lowest BCUT2D eigenvalue weighted by Crippen LogP contribution is -2.26. The molecule has 3 N–H and O–H groups in total. The van der Waals surface area contributed by atoms with Gasteiger partial charge in [-0.05, 0) is 43.0 Å². The van der Waals surface area contributed by atoms with Crippen LogP contribution in [0.5, 0.6) is 0 Å². The fourth-order valence-corrected chi connectivity index (χ4v) is 3.72. The Balaban J connectivity index is 1.78. The topological polar surface area (TPSA) is 120 Å². The molecule has 0 unspecified atom stereocenters. The summed E-state index contributed by atoms with van der Waals surface area (Å²) in [5, 5.41) is 13.2. The first-order valence-electron chi connectivity index (χ1n) is 9.32. The minimum atomic E-state index is -3.71. The Morgan fingerprint density at radius 2 is 1.90 bits per heavy atom. The number of amides is 1. The maximum Gasteiger partial charge on any atom is 0.252 e. The van der Waals surface area contributed by atoms with Gasteiger partial charge in [-0.25, -0.2) is 18.5 Å². The van der Waals surface area contributed by atoms with Crippen LogP contribution in [0.1, 0.15) is 47.1 Å². The van der Waals surface area contributed by atoms with Gasteiger partial charge in [0.05, 0.1) is 21.5 Å². The van der Waals surface area contributed by atoms with E-state index in [1.165, 1.54) is 12.1 Å². The van der Waals surface area contributed by atoms with Gasteiger partial charge >= 0.3 is 0 Å². The smallest absolute Gasteiger partial charge is 0.252 e. The number of nitrogens with one attached hydrogen (secondary N) is 1. The van der Waals surface area contributed by atoms with Crippen molar-refractivity contribution in [2.45, 2.75) is 38.0 Å². The molecule has 29 heavy (non-hydrogen) atoms. The summed E-state index contributed by atoms with van der Waals surface area (Å²) in [5.41, 5.74) is 3.75. The zero-order valence-corrected chi connectivity index (χ0v) is 17.7. The van der Waals surface area contributed by atoms with E-state index in [-0.39, 0.29) is 16.7 Å². The number of aromatic nitrogens is 3. The molecule has 1 amide bonds. The van der Waals surface area contributed by atoms with Crippen molar-refractivity contribution in [2.75, 3.05) is 6.54 Å². The minimum Gasteiger partial charge on any atom is -0.352 e. The van der Waals surface area contributed by atoms with Gasteiger partial charge in [0.15, 0.2) is 5.65 Å². The van der Waals surface area contributed by atoms with Crippen molar-refractivity contribution >= 4 is 27.0 Å². The van der Waals surface area contributed by atoms with E-state index < -0.39 is 10.0 Å². The lowest BCUT2D eigenvalue weighted by atomic mass is 10.0. The molecular formula is C20H25N5O3S. The number of hydrogen-bond donors (Lipinski definition) is 2. The Kier molecular flexibility index (Phi) is 5.72. The van der Waals surface area contributed by atoms with Crippen LogP contribution in [0.4, 0.5) is 0 Å². The Bertz CT molecular complexity index is 1170. The maximum atomic E-state index is 12.9. The predicted octanol–water partition coefficient (Wildman–Crippen LogP) is 2.02. The summed E-state index contributed by atoms with van der Waals surface area (Å²) in [7, 11) is -1.89. The summed E-state index contributed by atoms with van der Waals surface area (Å²) < 4.78 is 24.3. The number of fused-ring (bicyclic) bond motifs is 1. The molecule has 0 spiro atoms. The number of benzene rings is 1. The Morgan fingerprint density at radius 1 is 1.24 bits per heavy atom. The van der Waals surface area contributed by atoms with E-state index in [1.54, 1.807) is 16.8 Å². The first kappa shape index (κ1) is 20.9. The third kappa shape index (κ3) is 4.46. The van der Waals surface area contributed by atoms with Gasteiger partial charge < -0.3 is 5.32 Å². The fourth-order valence-electron chi connectivity index (χ4n) is 3.20. The lowest BCUT2D eigenvalue weighted by Gasteiger charge is -2.11. The van der Waals surface area contributed by atoms with Crippen molar-refractivity contribution in [2.24, 2.45) is 12.2 Å². The van der Waals surface area contributed by atoms with Crippen LogP contribution in [0, 0.1) is 6.92 Å². The summed E-state index contributed by atoms with van der Waals surface area (Å²) in [6, 6.07) is 8.15. The van der Waals surface area contributed by atoms with Crippen molar-refractivity contribution < 1.29 is 13.2 Å². The monoisotopic (exact) mass is 415 g/mol. The molecule has 2 aromatic heterocycles. The van der Waals surface area contributed by atoms with E-state index >= 15 is 0 Å². The summed E-state index contributed by atoms with van der Waals surface area (Å²) in [6.07, 6.45) is 0.563. The Labute approximate surface area is 170 Å². The number of nitrogens with two attached hydrogens (primary N) is 1. The summed E-state index contributed by atoms with van der Waals surface area (Å²) in [6.45, 7) is 6.34. The van der Waals surface area contributed by atoms with Crippen LogP contribution >= 0.6 is 0 Å². The average molecular weight is 416 g/mol. The highest BCUT2D eigenvalue weighted by Crippen LogP contribution is 2.24. The molecule has 0 aliphatic heterocycles. The van der Waals surface area contributed by atoms with Crippen LogP contribution in [0.25, 0.3) is 11.0 Å². The van der Waals surface area contributed by atoms with Gasteiger partial charge in [-0.3, -0.25) is 9.48 Å². The first-order valence-corrected chi connectivity index (χ1v) is 10.9. The van der Waals surface area contributed by atoms with Gasteiger partial charge in [-0.2, -0.15) is 5.10 Å². The van der Waals surface area contributed by atoms with Gasteiger partial charge in [-0.1, -0.05) is 26.0 Å². The number of nitrogens with zero attached hydrogens (tertiary/aromatic N) is 3. The predicted molar refractivity (Wildman–Crippen MR) is 111 cm³/mol. The quantitative estimate of drug-likeness (QED) is 0.638. The number of carbonyl (C=O) groups excluding carboxylic acids is 1. The number of carbonyl (C=O) groups is 1. The second kappa shape index (κ2) is 7.92. The molecule has 0 fully saturated rings. The van der Waals surface area contributed by atoms with Crippen LogP contribution in [-0.2, 0) is 23.5 Å². The SMILES string of the molecule is Cc1nn(C)c2nc(C(C)C)cc(C(=O)NCCc3ccc(S(N)(=O)=O)cc3)c12. The molecule has 0 bridgehead atoms. The molecule has 154 valence electrons. The van der Waals surface area contributed by atoms with Crippen LogP contribution in [0.2, 0.25) is 0 Å².